The summed E-state index contributed by atoms with van der Waals surface area (Å²) in [6.45, 7) is 5.49. The molecule has 0 bridgehead atoms. The highest BCUT2D eigenvalue weighted by Gasteiger charge is 2.30. The number of benzene rings is 1. The number of carbonyl (C=O) groups excluding carboxylic acids is 2. The second-order valence-electron chi connectivity index (χ2n) is 7.44. The van der Waals surface area contributed by atoms with Crippen molar-refractivity contribution in [1.82, 2.24) is 10.4 Å². The zero-order valence-corrected chi connectivity index (χ0v) is 15.3. The minimum Gasteiger partial charge on any atom is -0.268 e. The summed E-state index contributed by atoms with van der Waals surface area (Å²) in [4.78, 5) is 25.5. The number of halogens is 1. The van der Waals surface area contributed by atoms with E-state index >= 15 is 0 Å². The molecule has 0 fully saturated rings. The van der Waals surface area contributed by atoms with Crippen LogP contribution >= 0.6 is 0 Å². The van der Waals surface area contributed by atoms with Gasteiger partial charge in [0.25, 0.3) is 11.8 Å². The Labute approximate surface area is 149 Å². The molecule has 2 amide bonds. The van der Waals surface area contributed by atoms with E-state index in [4.69, 9.17) is 0 Å². The molecular formula is C20H27FN2O2. The van der Waals surface area contributed by atoms with E-state index in [0.717, 1.165) is 37.7 Å². The molecule has 136 valence electrons. The van der Waals surface area contributed by atoms with Gasteiger partial charge in [-0.25, -0.2) is 9.40 Å². The molecule has 0 heterocycles. The van der Waals surface area contributed by atoms with Gasteiger partial charge in [0.15, 0.2) is 0 Å². The summed E-state index contributed by atoms with van der Waals surface area (Å²) in [7, 11) is 0. The molecule has 0 saturated carbocycles. The lowest BCUT2D eigenvalue weighted by Gasteiger charge is -2.35. The minimum absolute atomic E-state index is 0.210. The normalized spacial score (nSPS) is 17.7. The van der Waals surface area contributed by atoms with Crippen LogP contribution in [0.3, 0.4) is 0 Å². The van der Waals surface area contributed by atoms with Crippen molar-refractivity contribution in [3.8, 4) is 0 Å². The van der Waals surface area contributed by atoms with Gasteiger partial charge in [-0.05, 0) is 64.7 Å². The monoisotopic (exact) mass is 346 g/mol. The molecule has 4 nitrogen and oxygen atoms in total. The van der Waals surface area contributed by atoms with Crippen molar-refractivity contribution in [2.45, 2.75) is 64.8 Å². The molecule has 0 radical (unpaired) electrons. The molecule has 0 spiro atoms. The van der Waals surface area contributed by atoms with Crippen molar-refractivity contribution in [3.63, 3.8) is 0 Å². The van der Waals surface area contributed by atoms with Gasteiger partial charge in [-0.2, -0.15) is 0 Å². The first-order valence-corrected chi connectivity index (χ1v) is 8.89. The Kier molecular flexibility index (Phi) is 6.34. The van der Waals surface area contributed by atoms with Gasteiger partial charge in [-0.3, -0.25) is 15.0 Å². The number of allylic oxidation sites excluding steroid dienone is 1. The molecule has 0 saturated heterocycles. The highest BCUT2D eigenvalue weighted by molar-refractivity contribution is 5.99. The second kappa shape index (κ2) is 8.28. The molecule has 0 aliphatic heterocycles. The predicted molar refractivity (Wildman–Crippen MR) is 96.3 cm³/mol. The summed E-state index contributed by atoms with van der Waals surface area (Å²) in [6, 6.07) is 5.51. The van der Waals surface area contributed by atoms with Crippen LogP contribution in [0.2, 0.25) is 0 Å². The van der Waals surface area contributed by atoms with Crippen LogP contribution in [-0.2, 0) is 4.79 Å². The van der Waals surface area contributed by atoms with Gasteiger partial charge in [-0.15, -0.1) is 0 Å². The van der Waals surface area contributed by atoms with Crippen LogP contribution in [0.25, 0.3) is 0 Å². The maximum atomic E-state index is 13.5. The molecule has 1 N–H and O–H groups in total. The van der Waals surface area contributed by atoms with Crippen molar-refractivity contribution >= 4 is 11.8 Å². The van der Waals surface area contributed by atoms with Crippen molar-refractivity contribution in [3.05, 3.63) is 47.3 Å². The van der Waals surface area contributed by atoms with Crippen molar-refractivity contribution in [2.24, 2.45) is 0 Å². The number of nitrogens with zero attached hydrogens (tertiary/aromatic N) is 1. The number of hydrogen-bond donors (Lipinski definition) is 1. The number of amides is 2. The van der Waals surface area contributed by atoms with Gasteiger partial charge in [-0.1, -0.05) is 25.0 Å². The van der Waals surface area contributed by atoms with E-state index in [2.05, 4.69) is 5.43 Å². The van der Waals surface area contributed by atoms with Crippen molar-refractivity contribution < 1.29 is 14.0 Å². The lowest BCUT2D eigenvalue weighted by molar-refractivity contribution is -0.123. The standard InChI is InChI=1S/C20H27FN2O2/c1-20(2,3)23(19(25)16-12-9-13-17(21)14-16)22-18(24)15-10-7-5-4-6-8-11-15/h9-10,12-14H,4-8,11H2,1-3H3,(H,22,24)/b15-10+. The topological polar surface area (TPSA) is 49.4 Å². The van der Waals surface area contributed by atoms with E-state index in [-0.39, 0.29) is 11.5 Å². The van der Waals surface area contributed by atoms with E-state index in [0.29, 0.717) is 0 Å². The Hall–Kier alpha value is -2.17. The van der Waals surface area contributed by atoms with E-state index in [1.165, 1.54) is 29.6 Å². The predicted octanol–water partition coefficient (Wildman–Crippen LogP) is 4.38. The molecular weight excluding hydrogens is 319 g/mol. The zero-order chi connectivity index (χ0) is 18.4. The SMILES string of the molecule is CC(C)(C)N(NC(=O)/C1=C/CCCCCC1)C(=O)c1cccc(F)c1. The Morgan fingerprint density at radius 3 is 2.52 bits per heavy atom. The van der Waals surface area contributed by atoms with Crippen LogP contribution in [0.15, 0.2) is 35.9 Å². The summed E-state index contributed by atoms with van der Waals surface area (Å²) in [5.74, 6) is -1.15. The molecule has 5 heteroatoms. The number of hydrogen-bond acceptors (Lipinski definition) is 2. The highest BCUT2D eigenvalue weighted by Crippen LogP contribution is 2.20. The molecule has 2 rings (SSSR count). The van der Waals surface area contributed by atoms with Crippen LogP contribution in [0.4, 0.5) is 4.39 Å². The molecule has 1 aliphatic rings. The van der Waals surface area contributed by atoms with Gasteiger partial charge < -0.3 is 0 Å². The fraction of sp³-hybridized carbons (Fsp3) is 0.500. The van der Waals surface area contributed by atoms with Gasteiger partial charge >= 0.3 is 0 Å². The van der Waals surface area contributed by atoms with Crippen LogP contribution < -0.4 is 5.43 Å². The highest BCUT2D eigenvalue weighted by atomic mass is 19.1. The first kappa shape index (κ1) is 19.2. The van der Waals surface area contributed by atoms with Gasteiger partial charge in [0, 0.05) is 11.1 Å². The largest absolute Gasteiger partial charge is 0.272 e. The van der Waals surface area contributed by atoms with Crippen molar-refractivity contribution in [2.75, 3.05) is 0 Å². The summed E-state index contributed by atoms with van der Waals surface area (Å²) in [5.41, 5.74) is 3.04. The molecule has 1 aromatic rings. The van der Waals surface area contributed by atoms with Gasteiger partial charge in [0.05, 0.1) is 5.54 Å². The second-order valence-corrected chi connectivity index (χ2v) is 7.44. The third-order valence-electron chi connectivity index (χ3n) is 4.24. The Balaban J connectivity index is 2.20. The number of carbonyl (C=O) groups is 2. The van der Waals surface area contributed by atoms with Gasteiger partial charge in [0.2, 0.25) is 0 Å². The Morgan fingerprint density at radius 1 is 1.12 bits per heavy atom. The number of hydrazine groups is 1. The molecule has 0 atom stereocenters. The third-order valence-corrected chi connectivity index (χ3v) is 4.24. The zero-order valence-electron chi connectivity index (χ0n) is 15.3. The Morgan fingerprint density at radius 2 is 1.84 bits per heavy atom. The molecule has 0 aromatic heterocycles. The van der Waals surface area contributed by atoms with Crippen LogP contribution in [0.1, 0.15) is 69.7 Å². The average molecular weight is 346 g/mol. The number of rotatable bonds is 2. The third kappa shape index (κ3) is 5.41. The minimum atomic E-state index is -0.638. The quantitative estimate of drug-likeness (QED) is 0.808. The van der Waals surface area contributed by atoms with E-state index in [1.807, 2.05) is 26.8 Å². The average Bonchev–Trinajstić information content (AvgIpc) is 2.50. The van der Waals surface area contributed by atoms with E-state index < -0.39 is 17.3 Å². The fourth-order valence-electron chi connectivity index (χ4n) is 2.84. The maximum Gasteiger partial charge on any atom is 0.272 e. The fourth-order valence-corrected chi connectivity index (χ4v) is 2.84. The van der Waals surface area contributed by atoms with Crippen LogP contribution in [0.5, 0.6) is 0 Å². The molecule has 1 aliphatic carbocycles. The lowest BCUT2D eigenvalue weighted by atomic mass is 9.99. The lowest BCUT2D eigenvalue weighted by Crippen LogP contribution is -2.56. The summed E-state index contributed by atoms with van der Waals surface area (Å²) < 4.78 is 13.5. The smallest absolute Gasteiger partial charge is 0.268 e. The van der Waals surface area contributed by atoms with Crippen molar-refractivity contribution in [1.29, 1.82) is 0 Å². The summed E-state index contributed by atoms with van der Waals surface area (Å²) >= 11 is 0. The molecule has 25 heavy (non-hydrogen) atoms. The number of nitrogens with one attached hydrogen (secondary N) is 1. The molecule has 1 aromatic carbocycles. The van der Waals surface area contributed by atoms with E-state index in [9.17, 15) is 14.0 Å². The van der Waals surface area contributed by atoms with E-state index in [1.54, 1.807) is 6.07 Å². The summed E-state index contributed by atoms with van der Waals surface area (Å²) in [5, 5.41) is 1.30. The Bertz CT molecular complexity index is 662. The van der Waals surface area contributed by atoms with Crippen LogP contribution in [-0.4, -0.2) is 22.4 Å². The maximum absolute atomic E-state index is 13.5. The van der Waals surface area contributed by atoms with Gasteiger partial charge in [0.1, 0.15) is 5.82 Å². The summed E-state index contributed by atoms with van der Waals surface area (Å²) in [6.07, 6.45) is 7.96. The molecule has 0 unspecified atom stereocenters. The first-order valence-electron chi connectivity index (χ1n) is 8.89. The first-order chi connectivity index (χ1) is 11.8. The van der Waals surface area contributed by atoms with Crippen LogP contribution in [0, 0.1) is 5.82 Å².